The number of rotatable bonds is 5. The molecule has 176 valence electrons. The van der Waals surface area contributed by atoms with Crippen LogP contribution in [0.3, 0.4) is 0 Å². The van der Waals surface area contributed by atoms with Gasteiger partial charge in [-0.2, -0.15) is 8.78 Å². The lowest BCUT2D eigenvalue weighted by Gasteiger charge is -2.18. The number of aromatic nitrogens is 4. The second-order valence-corrected chi connectivity index (χ2v) is 8.70. The Morgan fingerprint density at radius 2 is 1.88 bits per heavy atom. The Morgan fingerprint density at radius 3 is 2.56 bits per heavy atom. The number of nitrogens with zero attached hydrogens (tertiary/aromatic N) is 4. The maximum Gasteiger partial charge on any atom is 0.387 e. The first-order valence-corrected chi connectivity index (χ1v) is 10.7. The highest BCUT2D eigenvalue weighted by Crippen LogP contribution is 2.38. The van der Waals surface area contributed by atoms with E-state index in [0.717, 1.165) is 0 Å². The van der Waals surface area contributed by atoms with E-state index in [0.29, 0.717) is 29.6 Å². The minimum absolute atomic E-state index is 0.0307. The zero-order valence-corrected chi connectivity index (χ0v) is 18.4. The van der Waals surface area contributed by atoms with Gasteiger partial charge in [0.15, 0.2) is 5.82 Å². The quantitative estimate of drug-likeness (QED) is 0.472. The highest BCUT2D eigenvalue weighted by molar-refractivity contribution is 5.85. The van der Waals surface area contributed by atoms with Crippen molar-refractivity contribution in [3.8, 4) is 16.9 Å². The normalized spacial score (nSPS) is 15.8. The first kappa shape index (κ1) is 22.1. The molecule has 0 aliphatic carbocycles. The predicted octanol–water partition coefficient (Wildman–Crippen LogP) is 4.22. The molecule has 0 fully saturated rings. The van der Waals surface area contributed by atoms with Crippen molar-refractivity contribution in [3.05, 3.63) is 76.4 Å². The lowest BCUT2D eigenvalue weighted by molar-refractivity contribution is -0.0507. The Labute approximate surface area is 192 Å². The Kier molecular flexibility index (Phi) is 5.20. The van der Waals surface area contributed by atoms with Gasteiger partial charge >= 0.3 is 6.61 Å². The summed E-state index contributed by atoms with van der Waals surface area (Å²) in [6.45, 7) is 0.447. The molecule has 0 bridgehead atoms. The minimum atomic E-state index is -2.99. The van der Waals surface area contributed by atoms with Crippen molar-refractivity contribution in [1.82, 2.24) is 19.3 Å². The van der Waals surface area contributed by atoms with E-state index < -0.39 is 24.1 Å². The van der Waals surface area contributed by atoms with Gasteiger partial charge in [-0.1, -0.05) is 18.2 Å². The summed E-state index contributed by atoms with van der Waals surface area (Å²) in [5.41, 5.74) is -0.0889. The highest BCUT2D eigenvalue weighted by atomic mass is 19.3. The second-order valence-electron chi connectivity index (χ2n) is 8.70. The summed E-state index contributed by atoms with van der Waals surface area (Å²) in [6, 6.07) is 8.72. The van der Waals surface area contributed by atoms with Crippen LogP contribution in [0, 0.1) is 5.82 Å². The second kappa shape index (κ2) is 7.98. The van der Waals surface area contributed by atoms with Crippen molar-refractivity contribution in [2.24, 2.45) is 0 Å². The van der Waals surface area contributed by atoms with E-state index in [1.54, 1.807) is 42.8 Å². The van der Waals surface area contributed by atoms with Crippen molar-refractivity contribution in [1.29, 1.82) is 0 Å². The lowest BCUT2D eigenvalue weighted by atomic mass is 10.0. The van der Waals surface area contributed by atoms with E-state index in [4.69, 9.17) is 4.74 Å². The van der Waals surface area contributed by atoms with Crippen LogP contribution in [0.15, 0.2) is 53.6 Å². The third-order valence-corrected chi connectivity index (χ3v) is 5.97. The van der Waals surface area contributed by atoms with E-state index in [-0.39, 0.29) is 28.1 Å². The summed E-state index contributed by atoms with van der Waals surface area (Å²) < 4.78 is 48.9. The molecule has 1 N–H and O–H groups in total. The molecule has 0 saturated heterocycles. The standard InChI is InChI=1S/C24H21F3N4O3/c1-24(2,33)22-28-11-13(12-29-22)15-10-19-16(9-17(15)25)21(32)30-8-7-18(31(19)30)14-5-3-4-6-20(14)34-23(26)27/h3-6,9-12,18,23,33H,7-8H2,1-2H3/t18-/m1/s1. The van der Waals surface area contributed by atoms with Crippen LogP contribution >= 0.6 is 0 Å². The molecule has 7 nitrogen and oxygen atoms in total. The summed E-state index contributed by atoms with van der Waals surface area (Å²) in [7, 11) is 0. The molecule has 1 aliphatic rings. The third-order valence-electron chi connectivity index (χ3n) is 5.97. The largest absolute Gasteiger partial charge is 0.434 e. The molecular weight excluding hydrogens is 449 g/mol. The zero-order chi connectivity index (χ0) is 24.2. The molecule has 34 heavy (non-hydrogen) atoms. The topological polar surface area (TPSA) is 82.2 Å². The van der Waals surface area contributed by atoms with Crippen molar-refractivity contribution in [2.75, 3.05) is 0 Å². The number of ether oxygens (including phenoxy) is 1. The first-order valence-electron chi connectivity index (χ1n) is 10.7. The van der Waals surface area contributed by atoms with Gasteiger partial charge in [0.25, 0.3) is 5.56 Å². The summed E-state index contributed by atoms with van der Waals surface area (Å²) in [6.07, 6.45) is 3.31. The smallest absolute Gasteiger partial charge is 0.387 e. The van der Waals surface area contributed by atoms with E-state index in [2.05, 4.69) is 9.97 Å². The number of aliphatic hydroxyl groups is 1. The minimum Gasteiger partial charge on any atom is -0.434 e. The molecule has 10 heteroatoms. The highest BCUT2D eigenvalue weighted by Gasteiger charge is 2.31. The Balaban J connectivity index is 1.66. The van der Waals surface area contributed by atoms with Gasteiger partial charge < -0.3 is 9.84 Å². The third kappa shape index (κ3) is 3.63. The predicted molar refractivity (Wildman–Crippen MR) is 118 cm³/mol. The van der Waals surface area contributed by atoms with E-state index in [1.807, 2.05) is 0 Å². The first-order chi connectivity index (χ1) is 16.1. The molecule has 3 heterocycles. The molecule has 1 atom stereocenters. The van der Waals surface area contributed by atoms with Crippen LogP contribution in [-0.2, 0) is 12.1 Å². The van der Waals surface area contributed by atoms with E-state index in [1.165, 1.54) is 29.2 Å². The van der Waals surface area contributed by atoms with Crippen molar-refractivity contribution < 1.29 is 23.0 Å². The lowest BCUT2D eigenvalue weighted by Crippen LogP contribution is -2.19. The Hall–Kier alpha value is -3.66. The summed E-state index contributed by atoms with van der Waals surface area (Å²) >= 11 is 0. The molecule has 0 radical (unpaired) electrons. The number of hydrogen-bond acceptors (Lipinski definition) is 5. The molecule has 0 spiro atoms. The molecule has 0 saturated carbocycles. The summed E-state index contributed by atoms with van der Waals surface area (Å²) in [5, 5.41) is 10.3. The molecule has 4 aromatic rings. The molecule has 2 aromatic carbocycles. The van der Waals surface area contributed by atoms with Crippen molar-refractivity contribution in [3.63, 3.8) is 0 Å². The van der Waals surface area contributed by atoms with Crippen LogP contribution in [0.1, 0.15) is 37.7 Å². The molecule has 1 aliphatic heterocycles. The van der Waals surface area contributed by atoms with Crippen LogP contribution in [0.25, 0.3) is 22.0 Å². The average Bonchev–Trinajstić information content (AvgIpc) is 3.32. The van der Waals surface area contributed by atoms with E-state index >= 15 is 4.39 Å². The fourth-order valence-electron chi connectivity index (χ4n) is 4.45. The Morgan fingerprint density at radius 1 is 1.18 bits per heavy atom. The summed E-state index contributed by atoms with van der Waals surface area (Å²) in [5.74, 6) is -0.398. The van der Waals surface area contributed by atoms with Crippen LogP contribution in [0.5, 0.6) is 5.75 Å². The average molecular weight is 470 g/mol. The summed E-state index contributed by atoms with van der Waals surface area (Å²) in [4.78, 5) is 21.3. The fraction of sp³-hybridized carbons (Fsp3) is 0.292. The van der Waals surface area contributed by atoms with Gasteiger partial charge in [0, 0.05) is 35.6 Å². The number of halogens is 3. The van der Waals surface area contributed by atoms with Crippen molar-refractivity contribution >= 4 is 10.9 Å². The number of alkyl halides is 2. The number of hydrogen-bond donors (Lipinski definition) is 1. The van der Waals surface area contributed by atoms with Gasteiger partial charge in [0.05, 0.1) is 16.9 Å². The van der Waals surface area contributed by atoms with Crippen LogP contribution in [-0.4, -0.2) is 31.0 Å². The van der Waals surface area contributed by atoms with Crippen molar-refractivity contribution in [2.45, 2.75) is 45.1 Å². The fourth-order valence-corrected chi connectivity index (χ4v) is 4.45. The SMILES string of the molecule is CC(C)(O)c1ncc(-c2cc3c(cc2F)c(=O)n2n3[C@@H](c3ccccc3OC(F)F)CC2)cn1. The van der Waals surface area contributed by atoms with Gasteiger partial charge in [0.2, 0.25) is 0 Å². The maximum absolute atomic E-state index is 15.0. The molecule has 2 aromatic heterocycles. The zero-order valence-electron chi connectivity index (χ0n) is 18.4. The van der Waals surface area contributed by atoms with Crippen LogP contribution in [0.4, 0.5) is 13.2 Å². The molecular formula is C24H21F3N4O3. The molecule has 0 amide bonds. The van der Waals surface area contributed by atoms with Gasteiger partial charge in [0.1, 0.15) is 17.2 Å². The Bertz CT molecular complexity index is 1440. The van der Waals surface area contributed by atoms with Gasteiger partial charge in [-0.05, 0) is 38.5 Å². The number of fused-ring (bicyclic) bond motifs is 3. The van der Waals surface area contributed by atoms with E-state index in [9.17, 15) is 18.7 Å². The molecule has 5 rings (SSSR count). The molecule has 0 unspecified atom stereocenters. The monoisotopic (exact) mass is 470 g/mol. The maximum atomic E-state index is 15.0. The number of para-hydroxylation sites is 1. The van der Waals surface area contributed by atoms with Gasteiger partial charge in [-0.3, -0.25) is 9.48 Å². The van der Waals surface area contributed by atoms with Crippen LogP contribution in [0.2, 0.25) is 0 Å². The van der Waals surface area contributed by atoms with Gasteiger partial charge in [-0.15, -0.1) is 0 Å². The van der Waals surface area contributed by atoms with Gasteiger partial charge in [-0.25, -0.2) is 19.0 Å². The van der Waals surface area contributed by atoms with Crippen LogP contribution < -0.4 is 10.3 Å². The number of benzene rings is 2.